The van der Waals surface area contributed by atoms with Gasteiger partial charge in [-0.25, -0.2) is 0 Å². The van der Waals surface area contributed by atoms with E-state index in [0.29, 0.717) is 5.92 Å². The summed E-state index contributed by atoms with van der Waals surface area (Å²) in [6, 6.07) is 29.9. The van der Waals surface area contributed by atoms with Gasteiger partial charge in [-0.3, -0.25) is 9.69 Å². The van der Waals surface area contributed by atoms with E-state index in [1.165, 1.54) is 11.1 Å². The van der Waals surface area contributed by atoms with Crippen molar-refractivity contribution in [1.82, 2.24) is 9.80 Å². The van der Waals surface area contributed by atoms with Gasteiger partial charge < -0.3 is 15.1 Å². The molecule has 2 saturated heterocycles. The highest BCUT2D eigenvalue weighted by molar-refractivity contribution is 5.75. The van der Waals surface area contributed by atoms with E-state index in [1.54, 1.807) is 0 Å². The molecule has 2 fully saturated rings. The van der Waals surface area contributed by atoms with Gasteiger partial charge in [0.15, 0.2) is 0 Å². The normalized spacial score (nSPS) is 20.3. The van der Waals surface area contributed by atoms with Gasteiger partial charge >= 0.3 is 5.97 Å². The van der Waals surface area contributed by atoms with Gasteiger partial charge in [0.1, 0.15) is 6.04 Å². The fourth-order valence-electron chi connectivity index (χ4n) is 5.72. The monoisotopic (exact) mass is 514 g/mol. The van der Waals surface area contributed by atoms with Crippen LogP contribution >= 0.6 is 0 Å². The molecule has 0 unspecified atom stereocenters. The van der Waals surface area contributed by atoms with Crippen molar-refractivity contribution in [2.75, 3.05) is 33.2 Å². The Bertz CT molecular complexity index is 1100. The minimum atomic E-state index is -0.769. The highest BCUT2D eigenvalue weighted by Gasteiger charge is 2.34. The third kappa shape index (κ3) is 8.00. The van der Waals surface area contributed by atoms with Gasteiger partial charge in [-0.2, -0.15) is 0 Å². The predicted molar refractivity (Wildman–Crippen MR) is 153 cm³/mol. The van der Waals surface area contributed by atoms with E-state index in [2.05, 4.69) is 53.2 Å². The summed E-state index contributed by atoms with van der Waals surface area (Å²) < 4.78 is 0. The summed E-state index contributed by atoms with van der Waals surface area (Å²) >= 11 is 0. The Morgan fingerprint density at radius 1 is 0.895 bits per heavy atom. The topological polar surface area (TPSA) is 64.0 Å². The molecule has 0 aliphatic carbocycles. The maximum absolute atomic E-state index is 11.7. The maximum atomic E-state index is 11.7. The number of carboxylic acids is 1. The molecule has 38 heavy (non-hydrogen) atoms. The van der Waals surface area contributed by atoms with Gasteiger partial charge in [0.2, 0.25) is 0 Å². The summed E-state index contributed by atoms with van der Waals surface area (Å²) in [7, 11) is 2.13. The van der Waals surface area contributed by atoms with Crippen LogP contribution in [-0.4, -0.2) is 64.8 Å². The van der Waals surface area contributed by atoms with Crippen LogP contribution in [0.3, 0.4) is 0 Å². The molecule has 2 aliphatic heterocycles. The second-order valence-electron chi connectivity index (χ2n) is 10.9. The molecule has 0 amide bonds. The minimum Gasteiger partial charge on any atom is -0.480 e. The van der Waals surface area contributed by atoms with Crippen molar-refractivity contribution in [1.29, 1.82) is 0 Å². The number of nitrogens with zero attached hydrogens (tertiary/aromatic N) is 2. The summed E-state index contributed by atoms with van der Waals surface area (Å²) in [5.74, 6) is -0.341. The molecule has 0 saturated carbocycles. The molecule has 0 bridgehead atoms. The molecule has 2 N–H and O–H groups in total. The Morgan fingerprint density at radius 2 is 1.47 bits per heavy atom. The molecule has 2 heterocycles. The Kier molecular flexibility index (Phi) is 10.1. The van der Waals surface area contributed by atoms with E-state index in [4.69, 9.17) is 0 Å². The first-order valence-corrected chi connectivity index (χ1v) is 14.0. The highest BCUT2D eigenvalue weighted by atomic mass is 16.4. The van der Waals surface area contributed by atoms with Crippen LogP contribution in [0.1, 0.15) is 60.8 Å². The lowest BCUT2D eigenvalue weighted by Gasteiger charge is -2.36. The average molecular weight is 515 g/mol. The van der Waals surface area contributed by atoms with Gasteiger partial charge in [0.25, 0.3) is 0 Å². The Morgan fingerprint density at radius 3 is 2.08 bits per heavy atom. The van der Waals surface area contributed by atoms with Gasteiger partial charge in [0.05, 0.1) is 5.60 Å². The fourth-order valence-corrected chi connectivity index (χ4v) is 5.72. The first-order chi connectivity index (χ1) is 18.4. The summed E-state index contributed by atoms with van der Waals surface area (Å²) in [5.41, 5.74) is 3.14. The van der Waals surface area contributed by atoms with E-state index in [1.807, 2.05) is 54.6 Å². The van der Waals surface area contributed by atoms with E-state index in [-0.39, 0.29) is 0 Å². The van der Waals surface area contributed by atoms with Crippen LogP contribution in [0.25, 0.3) is 0 Å². The lowest BCUT2D eigenvalue weighted by Crippen LogP contribution is -2.42. The number of aliphatic hydroxyl groups is 1. The molecule has 202 valence electrons. The molecule has 0 radical (unpaired) electrons. The standard InChI is InChI=1S/C18H19NO2.C15H23NO/c20-18(21)17(15-9-5-2-6-10-15)19-12-11-16(13-19)14-7-3-1-4-8-14;1-16-12-10-15(17,11-13-16)9-5-8-14-6-3-2-4-7-14/h1-10,16-17H,11-13H2,(H,20,21);2-4,6-7,17H,5,8-13H2,1H3/t16-,17-;/m1./s1. The SMILES string of the molecule is CN1CCC(O)(CCCc2ccccc2)CC1.O=C(O)[C@@H](c1ccccc1)N1CC[C@@H](c2ccccc2)C1. The lowest BCUT2D eigenvalue weighted by molar-refractivity contribution is -0.143. The molecule has 5 nitrogen and oxygen atoms in total. The zero-order valence-corrected chi connectivity index (χ0v) is 22.6. The molecule has 0 aromatic heterocycles. The first-order valence-electron chi connectivity index (χ1n) is 14.0. The van der Waals surface area contributed by atoms with E-state index < -0.39 is 17.6 Å². The third-order valence-electron chi connectivity index (χ3n) is 8.07. The second kappa shape index (κ2) is 13.7. The molecule has 3 aromatic carbocycles. The summed E-state index contributed by atoms with van der Waals surface area (Å²) in [5, 5.41) is 20.0. The molecule has 2 aliphatic rings. The van der Waals surface area contributed by atoms with Gasteiger partial charge in [-0.15, -0.1) is 0 Å². The second-order valence-corrected chi connectivity index (χ2v) is 10.9. The Labute approximate surface area is 227 Å². The molecular formula is C33H42N2O3. The molecular weight excluding hydrogens is 472 g/mol. The van der Waals surface area contributed by atoms with Gasteiger partial charge in [-0.1, -0.05) is 91.0 Å². The molecule has 2 atom stereocenters. The maximum Gasteiger partial charge on any atom is 0.325 e. The van der Waals surface area contributed by atoms with Crippen LogP contribution in [-0.2, 0) is 11.2 Å². The fraction of sp³-hybridized carbons (Fsp3) is 0.424. The Balaban J connectivity index is 0.000000181. The molecule has 0 spiro atoms. The van der Waals surface area contributed by atoms with Crippen molar-refractivity contribution in [3.8, 4) is 0 Å². The van der Waals surface area contributed by atoms with Crippen LogP contribution < -0.4 is 0 Å². The zero-order valence-electron chi connectivity index (χ0n) is 22.6. The van der Waals surface area contributed by atoms with Crippen molar-refractivity contribution in [3.63, 3.8) is 0 Å². The Hall–Kier alpha value is -2.99. The van der Waals surface area contributed by atoms with Crippen LogP contribution in [0, 0.1) is 0 Å². The van der Waals surface area contributed by atoms with Crippen molar-refractivity contribution in [2.45, 2.75) is 56.1 Å². The zero-order chi connectivity index (χ0) is 26.8. The van der Waals surface area contributed by atoms with Crippen molar-refractivity contribution in [3.05, 3.63) is 108 Å². The lowest BCUT2D eigenvalue weighted by atomic mass is 9.86. The first kappa shape index (κ1) is 28.0. The van der Waals surface area contributed by atoms with E-state index >= 15 is 0 Å². The van der Waals surface area contributed by atoms with E-state index in [9.17, 15) is 15.0 Å². The number of hydrogen-bond acceptors (Lipinski definition) is 4. The van der Waals surface area contributed by atoms with Crippen LogP contribution in [0.2, 0.25) is 0 Å². The predicted octanol–water partition coefficient (Wildman–Crippen LogP) is 5.77. The van der Waals surface area contributed by atoms with Crippen LogP contribution in [0.4, 0.5) is 0 Å². The number of benzene rings is 3. The smallest absolute Gasteiger partial charge is 0.325 e. The largest absolute Gasteiger partial charge is 0.480 e. The third-order valence-corrected chi connectivity index (χ3v) is 8.07. The van der Waals surface area contributed by atoms with Gasteiger partial charge in [0, 0.05) is 19.6 Å². The highest BCUT2D eigenvalue weighted by Crippen LogP contribution is 2.33. The number of likely N-dealkylation sites (tertiary alicyclic amines) is 2. The molecule has 3 aromatic rings. The number of piperidine rings is 1. The average Bonchev–Trinajstić information content (AvgIpc) is 3.42. The summed E-state index contributed by atoms with van der Waals surface area (Å²) in [6.45, 7) is 3.69. The number of rotatable bonds is 8. The minimum absolute atomic E-state index is 0.401. The van der Waals surface area contributed by atoms with Crippen molar-refractivity contribution in [2.24, 2.45) is 0 Å². The number of carbonyl (C=O) groups is 1. The molecule has 5 heteroatoms. The van der Waals surface area contributed by atoms with Crippen molar-refractivity contribution < 1.29 is 15.0 Å². The number of hydrogen-bond donors (Lipinski definition) is 2. The number of carboxylic acid groups (broad SMARTS) is 1. The van der Waals surface area contributed by atoms with Crippen LogP contribution in [0.5, 0.6) is 0 Å². The number of aliphatic carboxylic acids is 1. The summed E-state index contributed by atoms with van der Waals surface area (Å²) in [4.78, 5) is 16.1. The van der Waals surface area contributed by atoms with Gasteiger partial charge in [-0.05, 0) is 74.7 Å². The van der Waals surface area contributed by atoms with Crippen LogP contribution in [0.15, 0.2) is 91.0 Å². The van der Waals surface area contributed by atoms with E-state index in [0.717, 1.165) is 70.3 Å². The quantitative estimate of drug-likeness (QED) is 0.400. The number of aryl methyl sites for hydroxylation is 1. The summed E-state index contributed by atoms with van der Waals surface area (Å²) in [6.07, 6.45) is 5.98. The molecule has 5 rings (SSSR count). The van der Waals surface area contributed by atoms with Crippen molar-refractivity contribution >= 4 is 5.97 Å².